The fourth-order valence-electron chi connectivity index (χ4n) is 2.47. The fourth-order valence-corrected chi connectivity index (χ4v) is 3.00. The average molecular weight is 345 g/mol. The predicted octanol–water partition coefficient (Wildman–Crippen LogP) is 0.443. The first-order chi connectivity index (χ1) is 10.8. The van der Waals surface area contributed by atoms with Crippen LogP contribution in [0.25, 0.3) is 0 Å². The average Bonchev–Trinajstić information content (AvgIpc) is 2.52. The van der Waals surface area contributed by atoms with Gasteiger partial charge in [0.1, 0.15) is 5.69 Å². The lowest BCUT2D eigenvalue weighted by molar-refractivity contribution is -0.384. The molecule has 0 bridgehead atoms. The minimum atomic E-state index is -4.02. The zero-order chi connectivity index (χ0) is 17.1. The van der Waals surface area contributed by atoms with Crippen molar-refractivity contribution in [1.29, 1.82) is 0 Å². The standard InChI is InChI=1S/C13H19N3O6S/c14-23(20,21)10-1-2-11(12(7-10)16(18)19)15-8-13(9-17)3-5-22-6-4-13/h1-2,7,15,17H,3-6,8-9H2,(H2,14,20,21). The van der Waals surface area contributed by atoms with Crippen LogP contribution in [0.15, 0.2) is 23.1 Å². The molecule has 0 radical (unpaired) electrons. The quantitative estimate of drug-likeness (QED) is 0.501. The third kappa shape index (κ3) is 4.16. The van der Waals surface area contributed by atoms with Gasteiger partial charge in [-0.05, 0) is 25.0 Å². The highest BCUT2D eigenvalue weighted by Crippen LogP contribution is 2.33. The fraction of sp³-hybridized carbons (Fsp3) is 0.538. The molecule has 0 saturated carbocycles. The van der Waals surface area contributed by atoms with Gasteiger partial charge in [-0.1, -0.05) is 0 Å². The van der Waals surface area contributed by atoms with Crippen LogP contribution in [0.4, 0.5) is 11.4 Å². The SMILES string of the molecule is NS(=O)(=O)c1ccc(NCC2(CO)CCOCC2)c([N+](=O)[O-])c1. The molecule has 0 amide bonds. The Hall–Kier alpha value is -1.75. The van der Waals surface area contributed by atoms with Crippen molar-refractivity contribution >= 4 is 21.4 Å². The minimum Gasteiger partial charge on any atom is -0.396 e. The Labute approximate surface area is 133 Å². The second kappa shape index (κ2) is 6.79. The molecule has 1 saturated heterocycles. The zero-order valence-electron chi connectivity index (χ0n) is 12.4. The van der Waals surface area contributed by atoms with Crippen LogP contribution < -0.4 is 10.5 Å². The Kier molecular flexibility index (Phi) is 5.19. The van der Waals surface area contributed by atoms with Gasteiger partial charge in [0.2, 0.25) is 10.0 Å². The van der Waals surface area contributed by atoms with Crippen LogP contribution in [-0.2, 0) is 14.8 Å². The summed E-state index contributed by atoms with van der Waals surface area (Å²) in [7, 11) is -4.02. The molecule has 1 aromatic carbocycles. The number of ether oxygens (including phenoxy) is 1. The van der Waals surface area contributed by atoms with Gasteiger partial charge >= 0.3 is 0 Å². The van der Waals surface area contributed by atoms with E-state index in [4.69, 9.17) is 9.88 Å². The van der Waals surface area contributed by atoms with Crippen LogP contribution in [0.1, 0.15) is 12.8 Å². The normalized spacial score (nSPS) is 17.7. The van der Waals surface area contributed by atoms with Crippen molar-refractivity contribution in [2.75, 3.05) is 31.7 Å². The molecule has 0 unspecified atom stereocenters. The summed E-state index contributed by atoms with van der Waals surface area (Å²) in [6.45, 7) is 1.30. The number of anilines is 1. The van der Waals surface area contributed by atoms with E-state index in [1.165, 1.54) is 12.1 Å². The maximum absolute atomic E-state index is 11.3. The van der Waals surface area contributed by atoms with Crippen LogP contribution in [0.5, 0.6) is 0 Å². The van der Waals surface area contributed by atoms with E-state index in [-0.39, 0.29) is 22.9 Å². The smallest absolute Gasteiger partial charge is 0.293 e. The number of nitrogens with two attached hydrogens (primary N) is 1. The number of nitrogens with zero attached hydrogens (tertiary/aromatic N) is 1. The topological polar surface area (TPSA) is 145 Å². The van der Waals surface area contributed by atoms with E-state index in [0.717, 1.165) is 6.07 Å². The van der Waals surface area contributed by atoms with Gasteiger partial charge in [0.15, 0.2) is 0 Å². The Morgan fingerprint density at radius 1 is 1.39 bits per heavy atom. The first-order valence-electron chi connectivity index (χ1n) is 7.01. The van der Waals surface area contributed by atoms with Gasteiger partial charge in [0, 0.05) is 31.2 Å². The van der Waals surface area contributed by atoms with Crippen LogP contribution in [-0.4, -0.2) is 44.8 Å². The van der Waals surface area contributed by atoms with E-state index >= 15 is 0 Å². The molecule has 0 aromatic heterocycles. The van der Waals surface area contributed by atoms with Crippen LogP contribution in [0, 0.1) is 15.5 Å². The van der Waals surface area contributed by atoms with E-state index < -0.39 is 20.4 Å². The lowest BCUT2D eigenvalue weighted by atomic mass is 9.81. The van der Waals surface area contributed by atoms with E-state index in [2.05, 4.69) is 5.32 Å². The van der Waals surface area contributed by atoms with Crippen molar-refractivity contribution in [1.82, 2.24) is 0 Å². The second-order valence-electron chi connectivity index (χ2n) is 5.61. The largest absolute Gasteiger partial charge is 0.396 e. The number of nitro groups is 1. The van der Waals surface area contributed by atoms with Crippen molar-refractivity contribution in [3.8, 4) is 0 Å². The van der Waals surface area contributed by atoms with Gasteiger partial charge in [0.25, 0.3) is 5.69 Å². The summed E-state index contributed by atoms with van der Waals surface area (Å²) in [6.07, 6.45) is 1.28. The highest BCUT2D eigenvalue weighted by atomic mass is 32.2. The lowest BCUT2D eigenvalue weighted by Crippen LogP contribution is -2.39. The number of sulfonamides is 1. The van der Waals surface area contributed by atoms with Crippen LogP contribution >= 0.6 is 0 Å². The maximum atomic E-state index is 11.3. The summed E-state index contributed by atoms with van der Waals surface area (Å²) in [5.74, 6) is 0. The summed E-state index contributed by atoms with van der Waals surface area (Å²) >= 11 is 0. The molecule has 9 nitrogen and oxygen atoms in total. The predicted molar refractivity (Wildman–Crippen MR) is 82.5 cm³/mol. The van der Waals surface area contributed by atoms with E-state index in [9.17, 15) is 23.6 Å². The highest BCUT2D eigenvalue weighted by Gasteiger charge is 2.32. The third-order valence-corrected chi connectivity index (χ3v) is 4.95. The molecular weight excluding hydrogens is 326 g/mol. The van der Waals surface area contributed by atoms with Gasteiger partial charge in [-0.3, -0.25) is 10.1 Å². The van der Waals surface area contributed by atoms with Gasteiger partial charge in [0.05, 0.1) is 16.4 Å². The number of primary sulfonamides is 1. The molecule has 4 N–H and O–H groups in total. The molecule has 0 atom stereocenters. The number of rotatable bonds is 6. The van der Waals surface area contributed by atoms with Gasteiger partial charge in [-0.15, -0.1) is 0 Å². The molecule has 128 valence electrons. The lowest BCUT2D eigenvalue weighted by Gasteiger charge is -2.35. The molecule has 1 aliphatic heterocycles. The molecule has 23 heavy (non-hydrogen) atoms. The number of hydrogen-bond acceptors (Lipinski definition) is 7. The van der Waals surface area contributed by atoms with Crippen molar-refractivity contribution < 1.29 is 23.2 Å². The van der Waals surface area contributed by atoms with Crippen LogP contribution in [0.2, 0.25) is 0 Å². The number of nitro benzene ring substituents is 1. The number of aliphatic hydroxyl groups is 1. The summed E-state index contributed by atoms with van der Waals surface area (Å²) in [5.41, 5.74) is -0.608. The van der Waals surface area contributed by atoms with E-state index in [1.54, 1.807) is 0 Å². The zero-order valence-corrected chi connectivity index (χ0v) is 13.2. The molecule has 1 aliphatic rings. The molecule has 0 spiro atoms. The molecule has 1 heterocycles. The Bertz CT molecular complexity index is 685. The Balaban J connectivity index is 2.24. The first kappa shape index (κ1) is 17.6. The molecular formula is C13H19N3O6S. The number of aliphatic hydroxyl groups excluding tert-OH is 1. The Morgan fingerprint density at radius 3 is 2.57 bits per heavy atom. The van der Waals surface area contributed by atoms with Crippen molar-refractivity contribution in [2.24, 2.45) is 10.6 Å². The minimum absolute atomic E-state index is 0.0631. The maximum Gasteiger partial charge on any atom is 0.293 e. The summed E-state index contributed by atoms with van der Waals surface area (Å²) < 4.78 is 27.9. The number of nitrogens with one attached hydrogen (secondary N) is 1. The molecule has 2 rings (SSSR count). The molecule has 1 aromatic rings. The summed E-state index contributed by atoms with van der Waals surface area (Å²) in [6, 6.07) is 3.44. The van der Waals surface area contributed by atoms with Crippen molar-refractivity contribution in [3.05, 3.63) is 28.3 Å². The molecule has 10 heteroatoms. The number of hydrogen-bond donors (Lipinski definition) is 3. The van der Waals surface area contributed by atoms with E-state index in [0.29, 0.717) is 32.6 Å². The van der Waals surface area contributed by atoms with Crippen molar-refractivity contribution in [3.63, 3.8) is 0 Å². The van der Waals surface area contributed by atoms with Gasteiger partial charge < -0.3 is 15.2 Å². The molecule has 0 aliphatic carbocycles. The second-order valence-corrected chi connectivity index (χ2v) is 7.17. The van der Waals surface area contributed by atoms with Crippen molar-refractivity contribution in [2.45, 2.75) is 17.7 Å². The summed E-state index contributed by atoms with van der Waals surface area (Å²) in [5, 5.41) is 28.7. The van der Waals surface area contributed by atoms with Gasteiger partial charge in [-0.2, -0.15) is 0 Å². The molecule has 1 fully saturated rings. The monoisotopic (exact) mass is 345 g/mol. The number of benzene rings is 1. The highest BCUT2D eigenvalue weighted by molar-refractivity contribution is 7.89. The summed E-state index contributed by atoms with van der Waals surface area (Å²) in [4.78, 5) is 10.2. The van der Waals surface area contributed by atoms with E-state index in [1.807, 2.05) is 0 Å². The van der Waals surface area contributed by atoms with Crippen LogP contribution in [0.3, 0.4) is 0 Å². The first-order valence-corrected chi connectivity index (χ1v) is 8.56. The van der Waals surface area contributed by atoms with Gasteiger partial charge in [-0.25, -0.2) is 13.6 Å². The third-order valence-electron chi connectivity index (χ3n) is 4.04. The Morgan fingerprint density at radius 2 is 2.04 bits per heavy atom.